The number of methoxy groups -OCH3 is 1. The molecule has 1 fully saturated rings. The van der Waals surface area contributed by atoms with Gasteiger partial charge in [0, 0.05) is 18.7 Å². The fraction of sp³-hybridized carbons (Fsp3) is 0.400. The maximum atomic E-state index is 13.1. The van der Waals surface area contributed by atoms with Crippen molar-refractivity contribution in [1.29, 1.82) is 0 Å². The van der Waals surface area contributed by atoms with Crippen molar-refractivity contribution >= 4 is 43.5 Å². The van der Waals surface area contributed by atoms with Gasteiger partial charge in [0.15, 0.2) is 4.80 Å². The average molecular weight is 548 g/mol. The van der Waals surface area contributed by atoms with E-state index in [0.29, 0.717) is 22.7 Å². The molecule has 0 N–H and O–H groups in total. The molecule has 10 nitrogen and oxygen atoms in total. The number of carbonyl (C=O) groups excluding carboxylic acids is 2. The van der Waals surface area contributed by atoms with Gasteiger partial charge in [-0.05, 0) is 63.2 Å². The van der Waals surface area contributed by atoms with E-state index in [9.17, 15) is 18.0 Å². The third-order valence-electron chi connectivity index (χ3n) is 5.80. The summed E-state index contributed by atoms with van der Waals surface area (Å²) in [4.78, 5) is 29.7. The number of aromatic nitrogens is 1. The van der Waals surface area contributed by atoms with Crippen LogP contribution in [0.1, 0.15) is 31.1 Å². The number of nitrogens with zero attached hydrogens (tertiary/aromatic N) is 3. The van der Waals surface area contributed by atoms with E-state index < -0.39 is 21.9 Å². The Hall–Kier alpha value is -3.06. The highest BCUT2D eigenvalue weighted by atomic mass is 32.2. The number of benzene rings is 2. The normalized spacial score (nSPS) is 19.2. The van der Waals surface area contributed by atoms with Gasteiger partial charge in [0.1, 0.15) is 12.3 Å². The van der Waals surface area contributed by atoms with Crippen molar-refractivity contribution in [1.82, 2.24) is 8.87 Å². The Bertz CT molecular complexity index is 1470. The van der Waals surface area contributed by atoms with E-state index in [2.05, 4.69) is 4.99 Å². The lowest BCUT2D eigenvalue weighted by atomic mass is 10.2. The van der Waals surface area contributed by atoms with Crippen LogP contribution in [0.15, 0.2) is 52.4 Å². The third kappa shape index (κ3) is 5.93. The van der Waals surface area contributed by atoms with Crippen molar-refractivity contribution in [2.75, 3.05) is 26.8 Å². The number of esters is 1. The summed E-state index contributed by atoms with van der Waals surface area (Å²) in [6.45, 7) is 6.46. The first kappa shape index (κ1) is 27.0. The summed E-state index contributed by atoms with van der Waals surface area (Å²) in [5, 5.41) is 0. The third-order valence-corrected chi connectivity index (χ3v) is 8.69. The molecule has 2 atom stereocenters. The maximum absolute atomic E-state index is 13.1. The highest BCUT2D eigenvalue weighted by Crippen LogP contribution is 2.24. The summed E-state index contributed by atoms with van der Waals surface area (Å²) in [5.74, 6) is -0.378. The van der Waals surface area contributed by atoms with Crippen molar-refractivity contribution < 1.29 is 32.2 Å². The fourth-order valence-corrected chi connectivity index (χ4v) is 6.79. The van der Waals surface area contributed by atoms with Crippen molar-refractivity contribution in [3.63, 3.8) is 0 Å². The van der Waals surface area contributed by atoms with Crippen LogP contribution in [0.3, 0.4) is 0 Å². The number of carbonyl (C=O) groups is 2. The molecule has 198 valence electrons. The van der Waals surface area contributed by atoms with Gasteiger partial charge in [-0.15, -0.1) is 0 Å². The lowest BCUT2D eigenvalue weighted by Crippen LogP contribution is -2.48. The monoisotopic (exact) mass is 547 g/mol. The van der Waals surface area contributed by atoms with E-state index in [1.165, 1.54) is 47.0 Å². The molecule has 3 aromatic rings. The molecular formula is C25H29N3O7S2. The number of rotatable bonds is 7. The molecule has 0 unspecified atom stereocenters. The largest absolute Gasteiger partial charge is 0.494 e. The topological polar surface area (TPSA) is 116 Å². The van der Waals surface area contributed by atoms with Crippen LogP contribution < -0.4 is 9.54 Å². The second-order valence-electron chi connectivity index (χ2n) is 8.63. The van der Waals surface area contributed by atoms with Crippen molar-refractivity contribution in [3.05, 3.63) is 52.8 Å². The van der Waals surface area contributed by atoms with Crippen LogP contribution in [-0.4, -0.2) is 68.2 Å². The van der Waals surface area contributed by atoms with E-state index in [1.807, 2.05) is 26.8 Å². The van der Waals surface area contributed by atoms with E-state index >= 15 is 0 Å². The minimum atomic E-state index is -3.73. The molecule has 2 aromatic carbocycles. The Morgan fingerprint density at radius 1 is 1.11 bits per heavy atom. The van der Waals surface area contributed by atoms with Gasteiger partial charge in [0.25, 0.3) is 5.91 Å². The molecule has 12 heteroatoms. The average Bonchev–Trinajstić information content (AvgIpc) is 3.19. The van der Waals surface area contributed by atoms with E-state index in [-0.39, 0.29) is 42.3 Å². The molecule has 37 heavy (non-hydrogen) atoms. The zero-order valence-electron chi connectivity index (χ0n) is 21.0. The van der Waals surface area contributed by atoms with E-state index in [0.717, 1.165) is 4.70 Å². The van der Waals surface area contributed by atoms with Gasteiger partial charge in [0.05, 0.1) is 41.0 Å². The van der Waals surface area contributed by atoms with Crippen LogP contribution in [0.5, 0.6) is 5.75 Å². The van der Waals surface area contributed by atoms with Gasteiger partial charge in [0.2, 0.25) is 10.0 Å². The standard InChI is InChI=1S/C25H29N3O7S2/c1-5-34-19-8-11-21-22(12-19)36-25(28(21)15-23(29)33-4)26-24(30)18-6-9-20(10-7-18)37(31,32)27-13-16(2)35-17(3)14-27/h6-12,16-17H,5,13-15H2,1-4H3/t16-,17-/m0/s1. The number of morpholine rings is 1. The summed E-state index contributed by atoms with van der Waals surface area (Å²) < 4.78 is 46.0. The molecule has 0 saturated carbocycles. The smallest absolute Gasteiger partial charge is 0.325 e. The molecule has 1 saturated heterocycles. The first-order valence-corrected chi connectivity index (χ1v) is 14.1. The molecule has 2 heterocycles. The molecule has 0 aliphatic carbocycles. The minimum Gasteiger partial charge on any atom is -0.494 e. The van der Waals surface area contributed by atoms with Crippen LogP contribution in [0.2, 0.25) is 0 Å². The molecule has 1 amide bonds. The Labute approximate surface area is 219 Å². The predicted octanol–water partition coefficient (Wildman–Crippen LogP) is 2.81. The molecule has 1 aliphatic rings. The SMILES string of the molecule is CCOc1ccc2c(c1)sc(=NC(=O)c1ccc(S(=O)(=O)N3C[C@H](C)O[C@@H](C)C3)cc1)n2CC(=O)OC. The molecule has 1 aromatic heterocycles. The number of fused-ring (bicyclic) bond motifs is 1. The Balaban J connectivity index is 1.65. The number of thiazole rings is 1. The Morgan fingerprint density at radius 3 is 2.41 bits per heavy atom. The van der Waals surface area contributed by atoms with Crippen LogP contribution in [0, 0.1) is 0 Å². The summed E-state index contributed by atoms with van der Waals surface area (Å²) in [6, 6.07) is 11.1. The number of hydrogen-bond donors (Lipinski definition) is 0. The fourth-order valence-electron chi connectivity index (χ4n) is 4.14. The first-order valence-electron chi connectivity index (χ1n) is 11.8. The lowest BCUT2D eigenvalue weighted by Gasteiger charge is -2.34. The summed E-state index contributed by atoms with van der Waals surface area (Å²) in [5.41, 5.74) is 0.931. The number of hydrogen-bond acceptors (Lipinski definition) is 8. The van der Waals surface area contributed by atoms with Gasteiger partial charge >= 0.3 is 5.97 Å². The molecular weight excluding hydrogens is 518 g/mol. The molecule has 0 bridgehead atoms. The van der Waals surface area contributed by atoms with Gasteiger partial charge in [-0.25, -0.2) is 8.42 Å². The minimum absolute atomic E-state index is 0.0939. The first-order chi connectivity index (χ1) is 17.6. The summed E-state index contributed by atoms with van der Waals surface area (Å²) in [7, 11) is -2.44. The molecule has 4 rings (SSSR count). The van der Waals surface area contributed by atoms with Crippen molar-refractivity contribution in [3.8, 4) is 5.75 Å². The summed E-state index contributed by atoms with van der Waals surface area (Å²) in [6.07, 6.45) is -0.415. The van der Waals surface area contributed by atoms with Crippen LogP contribution in [0.4, 0.5) is 0 Å². The molecule has 0 radical (unpaired) electrons. The van der Waals surface area contributed by atoms with Gasteiger partial charge in [-0.1, -0.05) is 11.3 Å². The molecule has 0 spiro atoms. The Morgan fingerprint density at radius 2 is 1.78 bits per heavy atom. The predicted molar refractivity (Wildman–Crippen MR) is 138 cm³/mol. The van der Waals surface area contributed by atoms with Crippen LogP contribution in [-0.2, 0) is 30.8 Å². The number of sulfonamides is 1. The lowest BCUT2D eigenvalue weighted by molar-refractivity contribution is -0.141. The maximum Gasteiger partial charge on any atom is 0.325 e. The molecule has 1 aliphatic heterocycles. The second-order valence-corrected chi connectivity index (χ2v) is 11.6. The quantitative estimate of drug-likeness (QED) is 0.418. The number of ether oxygens (including phenoxy) is 3. The van der Waals surface area contributed by atoms with E-state index in [1.54, 1.807) is 16.7 Å². The van der Waals surface area contributed by atoms with E-state index in [4.69, 9.17) is 14.2 Å². The highest BCUT2D eigenvalue weighted by Gasteiger charge is 2.32. The number of amides is 1. The second kappa shape index (κ2) is 11.1. The van der Waals surface area contributed by atoms with Crippen molar-refractivity contribution in [2.24, 2.45) is 4.99 Å². The van der Waals surface area contributed by atoms with Crippen LogP contribution in [0.25, 0.3) is 10.2 Å². The zero-order valence-corrected chi connectivity index (χ0v) is 22.7. The summed E-state index contributed by atoms with van der Waals surface area (Å²) >= 11 is 1.24. The van der Waals surface area contributed by atoms with Crippen LogP contribution >= 0.6 is 11.3 Å². The van der Waals surface area contributed by atoms with Gasteiger partial charge < -0.3 is 18.8 Å². The van der Waals surface area contributed by atoms with Gasteiger partial charge in [-0.2, -0.15) is 9.30 Å². The van der Waals surface area contributed by atoms with Gasteiger partial charge in [-0.3, -0.25) is 9.59 Å². The van der Waals surface area contributed by atoms with Crippen molar-refractivity contribution in [2.45, 2.75) is 44.4 Å². The Kier molecular flexibility index (Phi) is 8.12. The highest BCUT2D eigenvalue weighted by molar-refractivity contribution is 7.89. The zero-order chi connectivity index (χ0) is 26.7.